The Labute approximate surface area is 208 Å². The fourth-order valence-electron chi connectivity index (χ4n) is 4.04. The van der Waals surface area contributed by atoms with Gasteiger partial charge in [-0.1, -0.05) is 24.8 Å². The van der Waals surface area contributed by atoms with Gasteiger partial charge in [0.05, 0.1) is 18.3 Å². The molecule has 1 fully saturated rings. The molecule has 0 unspecified atom stereocenters. The summed E-state index contributed by atoms with van der Waals surface area (Å²) in [5, 5.41) is 10.2. The first-order chi connectivity index (χ1) is 17.6. The number of carbonyl (C=O) groups excluding carboxylic acids is 1. The molecule has 182 valence electrons. The molecular weight excluding hydrogens is 456 g/mol. The number of ether oxygens (including phenoxy) is 1. The zero-order valence-corrected chi connectivity index (χ0v) is 19.9. The van der Waals surface area contributed by atoms with Crippen LogP contribution in [0.25, 0.3) is 22.2 Å². The molecule has 4 aromatic rings. The number of rotatable bonds is 7. The molecule has 3 N–H and O–H groups in total. The normalized spacial score (nSPS) is 13.3. The van der Waals surface area contributed by atoms with E-state index < -0.39 is 0 Å². The van der Waals surface area contributed by atoms with Crippen LogP contribution in [0.1, 0.15) is 0 Å². The molecule has 1 aliphatic rings. The quantitative estimate of drug-likeness (QED) is 0.341. The molecule has 0 saturated carbocycles. The molecule has 5 rings (SSSR count). The summed E-state index contributed by atoms with van der Waals surface area (Å²) < 4.78 is 5.56. The summed E-state index contributed by atoms with van der Waals surface area (Å²) in [4.78, 5) is 32.4. The average Bonchev–Trinajstić information content (AvgIpc) is 2.93. The largest absolute Gasteiger partial charge is 0.479 e. The molecular formula is C26H26N8O2. The minimum absolute atomic E-state index is 0.288. The van der Waals surface area contributed by atoms with Gasteiger partial charge in [0.25, 0.3) is 0 Å². The minimum atomic E-state index is -0.288. The van der Waals surface area contributed by atoms with Gasteiger partial charge >= 0.3 is 0 Å². The lowest BCUT2D eigenvalue weighted by Gasteiger charge is -2.28. The number of piperazine rings is 1. The number of anilines is 4. The van der Waals surface area contributed by atoms with Crippen molar-refractivity contribution >= 4 is 40.0 Å². The number of aromatic nitrogens is 4. The Balaban J connectivity index is 1.46. The number of hydrogen-bond acceptors (Lipinski definition) is 9. The third kappa shape index (κ3) is 4.93. The highest BCUT2D eigenvalue weighted by atomic mass is 16.5. The molecule has 1 aromatic carbocycles. The van der Waals surface area contributed by atoms with Crippen LogP contribution in [-0.4, -0.2) is 59.1 Å². The van der Waals surface area contributed by atoms with Crippen molar-refractivity contribution in [3.63, 3.8) is 0 Å². The molecule has 3 aromatic heterocycles. The number of nitrogens with zero attached hydrogens (tertiary/aromatic N) is 5. The van der Waals surface area contributed by atoms with Crippen LogP contribution in [0.5, 0.6) is 5.88 Å². The summed E-state index contributed by atoms with van der Waals surface area (Å²) in [6.07, 6.45) is 4.62. The Hall–Kier alpha value is -4.57. The predicted molar refractivity (Wildman–Crippen MR) is 141 cm³/mol. The van der Waals surface area contributed by atoms with Gasteiger partial charge in [0.15, 0.2) is 0 Å². The molecule has 0 atom stereocenters. The number of amides is 1. The number of benzene rings is 1. The molecule has 0 aliphatic carbocycles. The first-order valence-electron chi connectivity index (χ1n) is 11.6. The smallest absolute Gasteiger partial charge is 0.247 e. The summed E-state index contributed by atoms with van der Waals surface area (Å²) in [7, 11) is 1.60. The second-order valence-electron chi connectivity index (χ2n) is 8.15. The fraction of sp³-hybridized carbons (Fsp3) is 0.192. The van der Waals surface area contributed by atoms with Crippen molar-refractivity contribution < 1.29 is 9.53 Å². The zero-order valence-electron chi connectivity index (χ0n) is 19.9. The maximum absolute atomic E-state index is 11.7. The van der Waals surface area contributed by atoms with Crippen LogP contribution in [0.4, 0.5) is 23.1 Å². The lowest BCUT2D eigenvalue weighted by atomic mass is 10.1. The summed E-state index contributed by atoms with van der Waals surface area (Å²) in [6.45, 7) is 7.14. The van der Waals surface area contributed by atoms with Crippen molar-refractivity contribution in [1.82, 2.24) is 25.3 Å². The maximum Gasteiger partial charge on any atom is 0.247 e. The first kappa shape index (κ1) is 23.2. The Kier molecular flexibility index (Phi) is 6.67. The molecule has 0 bridgehead atoms. The number of pyridine rings is 2. The van der Waals surface area contributed by atoms with Crippen LogP contribution < -0.4 is 25.6 Å². The van der Waals surface area contributed by atoms with Gasteiger partial charge < -0.3 is 25.6 Å². The molecule has 1 aliphatic heterocycles. The molecule has 0 radical (unpaired) electrons. The van der Waals surface area contributed by atoms with E-state index in [1.54, 1.807) is 31.6 Å². The highest BCUT2D eigenvalue weighted by Gasteiger charge is 2.16. The predicted octanol–water partition coefficient (Wildman–Crippen LogP) is 3.37. The van der Waals surface area contributed by atoms with Gasteiger partial charge in [-0.3, -0.25) is 9.78 Å². The topological polar surface area (TPSA) is 117 Å². The number of carbonyl (C=O) groups is 1. The number of para-hydroxylation sites is 1. The number of nitrogens with one attached hydrogen (secondary N) is 3. The van der Waals surface area contributed by atoms with E-state index >= 15 is 0 Å². The number of fused-ring (bicyclic) bond motifs is 1. The van der Waals surface area contributed by atoms with Crippen molar-refractivity contribution in [1.29, 1.82) is 0 Å². The van der Waals surface area contributed by atoms with Crippen molar-refractivity contribution in [2.75, 3.05) is 48.8 Å². The molecule has 0 spiro atoms. The number of hydrogen-bond donors (Lipinski definition) is 3. The van der Waals surface area contributed by atoms with E-state index in [1.165, 1.54) is 6.08 Å². The van der Waals surface area contributed by atoms with Gasteiger partial charge in [0.2, 0.25) is 17.7 Å². The van der Waals surface area contributed by atoms with Gasteiger partial charge in [-0.05, 0) is 30.3 Å². The van der Waals surface area contributed by atoms with E-state index in [-0.39, 0.29) is 5.91 Å². The number of methoxy groups -OCH3 is 1. The molecule has 1 amide bonds. The van der Waals surface area contributed by atoms with Crippen LogP contribution in [0.3, 0.4) is 0 Å². The molecule has 10 nitrogen and oxygen atoms in total. The lowest BCUT2D eigenvalue weighted by molar-refractivity contribution is -0.111. The van der Waals surface area contributed by atoms with Gasteiger partial charge in [-0.25, -0.2) is 9.97 Å². The Morgan fingerprint density at radius 1 is 1.14 bits per heavy atom. The standard InChI is InChI=1S/C26H26N8O2/c1-3-23(35)30-18-9-10-28-21(15-18)19-6-4-5-17-16-29-26(33-24(17)19)31-20-7-8-22(32-25(20)36-2)34-13-11-27-12-14-34/h3-10,15-16,27H,1,11-14H2,2H3,(H,28,30,35)(H,29,31,33). The molecule has 4 heterocycles. The Morgan fingerprint density at radius 3 is 2.81 bits per heavy atom. The third-order valence-electron chi connectivity index (χ3n) is 5.83. The Bertz CT molecular complexity index is 1420. The monoisotopic (exact) mass is 482 g/mol. The van der Waals surface area contributed by atoms with Crippen molar-refractivity contribution in [3.05, 3.63) is 67.5 Å². The van der Waals surface area contributed by atoms with E-state index in [4.69, 9.17) is 9.72 Å². The van der Waals surface area contributed by atoms with Gasteiger partial charge in [-0.2, -0.15) is 4.98 Å². The summed E-state index contributed by atoms with van der Waals surface area (Å²) >= 11 is 0. The van der Waals surface area contributed by atoms with Crippen LogP contribution in [0.15, 0.2) is 67.5 Å². The summed E-state index contributed by atoms with van der Waals surface area (Å²) in [6, 6.07) is 13.2. The third-order valence-corrected chi connectivity index (χ3v) is 5.83. The summed E-state index contributed by atoms with van der Waals surface area (Å²) in [5.41, 5.74) is 3.49. The van der Waals surface area contributed by atoms with E-state index in [9.17, 15) is 4.79 Å². The Morgan fingerprint density at radius 2 is 2.00 bits per heavy atom. The van der Waals surface area contributed by atoms with Crippen LogP contribution in [-0.2, 0) is 4.79 Å². The summed E-state index contributed by atoms with van der Waals surface area (Å²) in [5.74, 6) is 1.45. The lowest BCUT2D eigenvalue weighted by Crippen LogP contribution is -2.43. The van der Waals surface area contributed by atoms with E-state index in [0.29, 0.717) is 28.9 Å². The maximum atomic E-state index is 11.7. The molecule has 1 saturated heterocycles. The van der Waals surface area contributed by atoms with E-state index in [0.717, 1.165) is 48.5 Å². The van der Waals surface area contributed by atoms with Gasteiger partial charge in [0, 0.05) is 55.2 Å². The highest BCUT2D eigenvalue weighted by Crippen LogP contribution is 2.31. The van der Waals surface area contributed by atoms with Crippen molar-refractivity contribution in [2.45, 2.75) is 0 Å². The molecule has 10 heteroatoms. The van der Waals surface area contributed by atoms with E-state index in [2.05, 4.69) is 42.4 Å². The second kappa shape index (κ2) is 10.4. The second-order valence-corrected chi connectivity index (χ2v) is 8.15. The van der Waals surface area contributed by atoms with Gasteiger partial charge in [0.1, 0.15) is 11.5 Å². The average molecular weight is 483 g/mol. The van der Waals surface area contributed by atoms with Crippen LogP contribution >= 0.6 is 0 Å². The zero-order chi connectivity index (χ0) is 24.9. The highest BCUT2D eigenvalue weighted by molar-refractivity contribution is 5.99. The fourth-order valence-corrected chi connectivity index (χ4v) is 4.04. The minimum Gasteiger partial charge on any atom is -0.479 e. The van der Waals surface area contributed by atoms with E-state index in [1.807, 2.05) is 30.3 Å². The van der Waals surface area contributed by atoms with Crippen molar-refractivity contribution in [2.24, 2.45) is 0 Å². The van der Waals surface area contributed by atoms with Crippen LogP contribution in [0.2, 0.25) is 0 Å². The molecule has 36 heavy (non-hydrogen) atoms. The first-order valence-corrected chi connectivity index (χ1v) is 11.6. The van der Waals surface area contributed by atoms with Crippen LogP contribution in [0, 0.1) is 0 Å². The van der Waals surface area contributed by atoms with Gasteiger partial charge in [-0.15, -0.1) is 0 Å². The SMILES string of the molecule is C=CC(=O)Nc1ccnc(-c2cccc3cnc(Nc4ccc(N5CCNCC5)nc4OC)nc23)c1. The van der Waals surface area contributed by atoms with Crippen molar-refractivity contribution in [3.8, 4) is 17.1 Å².